The van der Waals surface area contributed by atoms with Crippen LogP contribution in [0.4, 0.5) is 0 Å². The molecule has 0 bridgehead atoms. The van der Waals surface area contributed by atoms with Crippen molar-refractivity contribution < 1.29 is 4.74 Å². The minimum Gasteiger partial charge on any atom is -0.490 e. The molecule has 2 N–H and O–H groups in total. The lowest BCUT2D eigenvalue weighted by Crippen LogP contribution is -2.38. The average Bonchev–Trinajstić information content (AvgIpc) is 3.10. The van der Waals surface area contributed by atoms with Crippen molar-refractivity contribution in [2.24, 2.45) is 4.99 Å². The predicted octanol–water partition coefficient (Wildman–Crippen LogP) is 3.24. The highest BCUT2D eigenvalue weighted by molar-refractivity contribution is 14.0. The monoisotopic (exact) mass is 556 g/mol. The standard InChI is InChI=1S/C23H36N6O2.HI/c1-5-18(3)31-20-15-17(2)10-11-19(20)16-26-22(24-4)25-12-8-14-29-23(30)28-13-7-6-9-21(28)27-29;/h10-11,15,18H,5-9,12-14,16H2,1-4H3,(H2,24,25,26);1H. The largest absolute Gasteiger partial charge is 0.490 e. The molecule has 2 aromatic rings. The van der Waals surface area contributed by atoms with Crippen LogP contribution in [0.3, 0.4) is 0 Å². The molecule has 1 aliphatic heterocycles. The van der Waals surface area contributed by atoms with Crippen LogP contribution in [-0.4, -0.2) is 40.0 Å². The number of benzene rings is 1. The van der Waals surface area contributed by atoms with Gasteiger partial charge in [0.05, 0.1) is 6.10 Å². The van der Waals surface area contributed by atoms with Gasteiger partial charge in [0, 0.05) is 45.2 Å². The number of aliphatic imine (C=N–C) groups is 1. The van der Waals surface area contributed by atoms with Crippen molar-refractivity contribution in [3.8, 4) is 5.75 Å². The molecule has 0 spiro atoms. The van der Waals surface area contributed by atoms with E-state index in [4.69, 9.17) is 4.74 Å². The fraction of sp³-hybridized carbons (Fsp3) is 0.609. The zero-order chi connectivity index (χ0) is 22.2. The number of rotatable bonds is 9. The van der Waals surface area contributed by atoms with E-state index < -0.39 is 0 Å². The predicted molar refractivity (Wildman–Crippen MR) is 139 cm³/mol. The number of aryl methyl sites for hydroxylation is 3. The zero-order valence-corrected chi connectivity index (χ0v) is 22.0. The van der Waals surface area contributed by atoms with Gasteiger partial charge in [0.1, 0.15) is 11.6 Å². The van der Waals surface area contributed by atoms with E-state index in [9.17, 15) is 4.79 Å². The first-order valence-corrected chi connectivity index (χ1v) is 11.4. The minimum absolute atomic E-state index is 0. The highest BCUT2D eigenvalue weighted by Crippen LogP contribution is 2.22. The first kappa shape index (κ1) is 26.2. The summed E-state index contributed by atoms with van der Waals surface area (Å²) in [5.41, 5.74) is 2.30. The lowest BCUT2D eigenvalue weighted by molar-refractivity contribution is 0.215. The molecule has 9 heteroatoms. The lowest BCUT2D eigenvalue weighted by Gasteiger charge is -2.18. The zero-order valence-electron chi connectivity index (χ0n) is 19.7. The van der Waals surface area contributed by atoms with Crippen LogP contribution in [0.2, 0.25) is 0 Å². The summed E-state index contributed by atoms with van der Waals surface area (Å²) in [4.78, 5) is 16.7. The van der Waals surface area contributed by atoms with Crippen molar-refractivity contribution in [2.75, 3.05) is 13.6 Å². The Bertz CT molecular complexity index is 952. The van der Waals surface area contributed by atoms with Crippen molar-refractivity contribution >= 4 is 29.9 Å². The number of nitrogens with zero attached hydrogens (tertiary/aromatic N) is 4. The first-order chi connectivity index (χ1) is 15.0. The van der Waals surface area contributed by atoms with E-state index in [2.05, 4.69) is 59.7 Å². The maximum Gasteiger partial charge on any atom is 0.345 e. The highest BCUT2D eigenvalue weighted by atomic mass is 127. The summed E-state index contributed by atoms with van der Waals surface area (Å²) in [6.07, 6.45) is 5.02. The Morgan fingerprint density at radius 1 is 1.31 bits per heavy atom. The van der Waals surface area contributed by atoms with Crippen LogP contribution in [0.15, 0.2) is 28.0 Å². The third-order valence-corrected chi connectivity index (χ3v) is 5.67. The number of hydrogen-bond donors (Lipinski definition) is 2. The fourth-order valence-electron chi connectivity index (χ4n) is 3.65. The van der Waals surface area contributed by atoms with Gasteiger partial charge in [-0.25, -0.2) is 9.48 Å². The molecule has 0 fully saturated rings. The Morgan fingerprint density at radius 3 is 2.84 bits per heavy atom. The van der Waals surface area contributed by atoms with E-state index in [0.29, 0.717) is 19.6 Å². The van der Waals surface area contributed by atoms with Crippen LogP contribution in [0, 0.1) is 6.92 Å². The van der Waals surface area contributed by atoms with Gasteiger partial charge in [0.25, 0.3) is 0 Å². The van der Waals surface area contributed by atoms with E-state index in [1.807, 2.05) is 4.57 Å². The van der Waals surface area contributed by atoms with Crippen LogP contribution in [0.5, 0.6) is 5.75 Å². The summed E-state index contributed by atoms with van der Waals surface area (Å²) in [6.45, 7) is 9.01. The molecule has 178 valence electrons. The number of fused-ring (bicyclic) bond motifs is 1. The Hall–Kier alpha value is -2.04. The third-order valence-electron chi connectivity index (χ3n) is 5.67. The molecule has 2 heterocycles. The Labute approximate surface area is 207 Å². The summed E-state index contributed by atoms with van der Waals surface area (Å²) in [7, 11) is 1.76. The second-order valence-electron chi connectivity index (χ2n) is 8.18. The van der Waals surface area contributed by atoms with Gasteiger partial charge in [-0.1, -0.05) is 19.1 Å². The molecule has 1 aromatic heterocycles. The Balaban J connectivity index is 0.00000363. The summed E-state index contributed by atoms with van der Waals surface area (Å²) in [5, 5.41) is 11.2. The second-order valence-corrected chi connectivity index (χ2v) is 8.18. The lowest BCUT2D eigenvalue weighted by atomic mass is 10.1. The summed E-state index contributed by atoms with van der Waals surface area (Å²) >= 11 is 0. The van der Waals surface area contributed by atoms with Crippen LogP contribution in [-0.2, 0) is 26.1 Å². The molecule has 1 aromatic carbocycles. The smallest absolute Gasteiger partial charge is 0.345 e. The molecule has 8 nitrogen and oxygen atoms in total. The molecule has 0 amide bonds. The van der Waals surface area contributed by atoms with Gasteiger partial charge in [-0.05, 0) is 51.2 Å². The SMILES string of the molecule is CCC(C)Oc1cc(C)ccc1CNC(=NC)NCCCn1nc2n(c1=O)CCCC2.I. The number of halogens is 1. The maximum absolute atomic E-state index is 12.4. The molecule has 0 saturated carbocycles. The maximum atomic E-state index is 12.4. The molecule has 32 heavy (non-hydrogen) atoms. The van der Waals surface area contributed by atoms with E-state index in [-0.39, 0.29) is 35.8 Å². The molecular weight excluding hydrogens is 519 g/mol. The first-order valence-electron chi connectivity index (χ1n) is 11.4. The van der Waals surface area contributed by atoms with Crippen molar-refractivity contribution in [3.63, 3.8) is 0 Å². The van der Waals surface area contributed by atoms with Crippen LogP contribution in [0.25, 0.3) is 0 Å². The molecule has 0 radical (unpaired) electrons. The van der Waals surface area contributed by atoms with Gasteiger partial charge in [0.2, 0.25) is 0 Å². The van der Waals surface area contributed by atoms with E-state index >= 15 is 0 Å². The van der Waals surface area contributed by atoms with Crippen LogP contribution in [0.1, 0.15) is 56.5 Å². The normalized spacial score (nSPS) is 14.3. The molecule has 1 atom stereocenters. The van der Waals surface area contributed by atoms with Crippen molar-refractivity contribution in [1.82, 2.24) is 25.0 Å². The van der Waals surface area contributed by atoms with Crippen molar-refractivity contribution in [1.29, 1.82) is 0 Å². The molecule has 3 rings (SSSR count). The molecule has 1 aliphatic rings. The van der Waals surface area contributed by atoms with Gasteiger partial charge >= 0.3 is 5.69 Å². The van der Waals surface area contributed by atoms with Crippen LogP contribution < -0.4 is 21.1 Å². The summed E-state index contributed by atoms with van der Waals surface area (Å²) < 4.78 is 9.51. The van der Waals surface area contributed by atoms with Gasteiger partial charge < -0.3 is 15.4 Å². The van der Waals surface area contributed by atoms with E-state index in [1.165, 1.54) is 5.56 Å². The molecule has 1 unspecified atom stereocenters. The average molecular weight is 556 g/mol. The minimum atomic E-state index is 0. The van der Waals surface area contributed by atoms with Crippen LogP contribution >= 0.6 is 24.0 Å². The molecular formula is C23H37IN6O2. The van der Waals surface area contributed by atoms with Gasteiger partial charge in [-0.15, -0.1) is 24.0 Å². The number of hydrogen-bond acceptors (Lipinski definition) is 4. The van der Waals surface area contributed by atoms with Gasteiger partial charge in [-0.3, -0.25) is 9.56 Å². The summed E-state index contributed by atoms with van der Waals surface area (Å²) in [5.74, 6) is 2.57. The second kappa shape index (κ2) is 12.9. The van der Waals surface area contributed by atoms with E-state index in [1.54, 1.807) is 11.7 Å². The van der Waals surface area contributed by atoms with E-state index in [0.717, 1.165) is 61.7 Å². The Kier molecular flexibility index (Phi) is 10.5. The van der Waals surface area contributed by atoms with Crippen molar-refractivity contribution in [3.05, 3.63) is 45.6 Å². The van der Waals surface area contributed by atoms with Crippen molar-refractivity contribution in [2.45, 2.75) is 78.6 Å². The summed E-state index contributed by atoms with van der Waals surface area (Å²) in [6, 6.07) is 6.28. The molecule has 0 aliphatic carbocycles. The third kappa shape index (κ3) is 6.98. The number of nitrogens with one attached hydrogen (secondary N) is 2. The molecule has 0 saturated heterocycles. The fourth-order valence-corrected chi connectivity index (χ4v) is 3.65. The van der Waals surface area contributed by atoms with Gasteiger partial charge in [0.15, 0.2) is 5.96 Å². The number of aromatic nitrogens is 3. The highest BCUT2D eigenvalue weighted by Gasteiger charge is 2.16. The van der Waals surface area contributed by atoms with Gasteiger partial charge in [-0.2, -0.15) is 5.10 Å². The quantitative estimate of drug-likeness (QED) is 0.215. The number of ether oxygens (including phenoxy) is 1. The topological polar surface area (TPSA) is 85.5 Å². The number of guanidine groups is 1. The Morgan fingerprint density at radius 2 is 2.12 bits per heavy atom.